The van der Waals surface area contributed by atoms with Gasteiger partial charge in [0.05, 0.1) is 5.52 Å². The topological polar surface area (TPSA) is 59.1 Å². The van der Waals surface area contributed by atoms with Gasteiger partial charge in [-0.3, -0.25) is 14.9 Å². The Balaban J connectivity index is 2.39. The number of nitrogens with zero attached hydrogens (tertiary/aromatic N) is 1. The van der Waals surface area contributed by atoms with Gasteiger partial charge in [0.2, 0.25) is 5.91 Å². The Morgan fingerprint density at radius 3 is 2.62 bits per heavy atom. The lowest BCUT2D eigenvalue weighted by atomic mass is 10.2. The minimum absolute atomic E-state index is 0.244. The van der Waals surface area contributed by atoms with Crippen LogP contribution >= 0.6 is 0 Å². The molecule has 0 aliphatic carbocycles. The smallest absolute Gasteiger partial charge is 0.276 e. The Bertz CT molecular complexity index is 564. The van der Waals surface area contributed by atoms with Gasteiger partial charge in [-0.2, -0.15) is 0 Å². The van der Waals surface area contributed by atoms with Crippen LogP contribution in [0.5, 0.6) is 0 Å². The van der Waals surface area contributed by atoms with E-state index >= 15 is 0 Å². The van der Waals surface area contributed by atoms with E-state index in [-0.39, 0.29) is 11.6 Å². The number of amides is 2. The monoisotopic (exact) mass is 214 g/mol. The first-order valence-corrected chi connectivity index (χ1v) is 4.84. The van der Waals surface area contributed by atoms with E-state index < -0.39 is 5.91 Å². The van der Waals surface area contributed by atoms with E-state index in [4.69, 9.17) is 0 Å². The molecule has 4 nitrogen and oxygen atoms in total. The molecule has 0 spiro atoms. The molecule has 0 fully saturated rings. The molecule has 16 heavy (non-hydrogen) atoms. The largest absolute Gasteiger partial charge is 0.291 e. The van der Waals surface area contributed by atoms with E-state index in [1.165, 1.54) is 6.92 Å². The average molecular weight is 214 g/mol. The van der Waals surface area contributed by atoms with Crippen LogP contribution < -0.4 is 5.32 Å². The summed E-state index contributed by atoms with van der Waals surface area (Å²) in [6.07, 6.45) is 0. The molecule has 0 saturated carbocycles. The lowest BCUT2D eigenvalue weighted by molar-refractivity contribution is -0.118. The number of aromatic nitrogens is 1. The van der Waals surface area contributed by atoms with Crippen molar-refractivity contribution < 1.29 is 9.59 Å². The van der Waals surface area contributed by atoms with Crippen molar-refractivity contribution in [1.82, 2.24) is 10.3 Å². The third kappa shape index (κ3) is 2.06. The number of carbonyl (C=O) groups is 2. The Hall–Kier alpha value is -2.23. The summed E-state index contributed by atoms with van der Waals surface area (Å²) >= 11 is 0. The van der Waals surface area contributed by atoms with E-state index in [1.54, 1.807) is 12.1 Å². The van der Waals surface area contributed by atoms with Crippen molar-refractivity contribution in [3.8, 4) is 0 Å². The summed E-state index contributed by atoms with van der Waals surface area (Å²) < 4.78 is 0. The van der Waals surface area contributed by atoms with Gasteiger partial charge in [-0.25, -0.2) is 4.98 Å². The predicted molar refractivity (Wildman–Crippen MR) is 59.9 cm³/mol. The zero-order valence-corrected chi connectivity index (χ0v) is 8.73. The van der Waals surface area contributed by atoms with Gasteiger partial charge in [-0.05, 0) is 12.1 Å². The molecule has 2 rings (SSSR count). The SMILES string of the molecule is CC(=O)NC(=O)c1ccc2ccccc2n1. The van der Waals surface area contributed by atoms with Crippen LogP contribution in [0.2, 0.25) is 0 Å². The van der Waals surface area contributed by atoms with Crippen LogP contribution in [-0.4, -0.2) is 16.8 Å². The van der Waals surface area contributed by atoms with Crippen molar-refractivity contribution in [2.75, 3.05) is 0 Å². The number of hydrogen-bond donors (Lipinski definition) is 1. The molecule has 0 atom stereocenters. The molecule has 2 amide bonds. The van der Waals surface area contributed by atoms with Crippen molar-refractivity contribution in [2.45, 2.75) is 6.92 Å². The summed E-state index contributed by atoms with van der Waals surface area (Å²) in [5, 5.41) is 3.14. The minimum atomic E-state index is -0.474. The molecular formula is C12H10N2O2. The number of para-hydroxylation sites is 1. The highest BCUT2D eigenvalue weighted by molar-refractivity contribution is 6.03. The molecule has 0 aliphatic rings. The summed E-state index contributed by atoms with van der Waals surface area (Å²) in [6, 6.07) is 10.9. The van der Waals surface area contributed by atoms with Gasteiger partial charge in [0.1, 0.15) is 5.69 Å². The number of benzene rings is 1. The minimum Gasteiger partial charge on any atom is -0.291 e. The van der Waals surface area contributed by atoms with Crippen molar-refractivity contribution in [3.63, 3.8) is 0 Å². The molecule has 80 valence electrons. The van der Waals surface area contributed by atoms with Crippen LogP contribution in [0.25, 0.3) is 10.9 Å². The summed E-state index contributed by atoms with van der Waals surface area (Å²) in [6.45, 7) is 1.29. The number of rotatable bonds is 1. The molecule has 0 unspecified atom stereocenters. The second-order valence-corrected chi connectivity index (χ2v) is 3.40. The normalized spacial score (nSPS) is 10.1. The van der Waals surface area contributed by atoms with E-state index in [0.717, 1.165) is 10.9 Å². The van der Waals surface area contributed by atoms with Gasteiger partial charge < -0.3 is 0 Å². The molecule has 4 heteroatoms. The fourth-order valence-electron chi connectivity index (χ4n) is 1.42. The van der Waals surface area contributed by atoms with Crippen LogP contribution in [0.3, 0.4) is 0 Å². The van der Waals surface area contributed by atoms with Crippen molar-refractivity contribution in [2.24, 2.45) is 0 Å². The highest BCUT2D eigenvalue weighted by Crippen LogP contribution is 2.11. The summed E-state index contributed by atoms with van der Waals surface area (Å²) in [4.78, 5) is 26.4. The molecule has 0 radical (unpaired) electrons. The highest BCUT2D eigenvalue weighted by atomic mass is 16.2. The summed E-state index contributed by atoms with van der Waals surface area (Å²) in [5.41, 5.74) is 0.979. The Kier molecular flexibility index (Phi) is 2.64. The highest BCUT2D eigenvalue weighted by Gasteiger charge is 2.08. The Morgan fingerprint density at radius 2 is 1.88 bits per heavy atom. The number of pyridine rings is 1. The molecular weight excluding hydrogens is 204 g/mol. The first-order chi connectivity index (χ1) is 7.66. The third-order valence-electron chi connectivity index (χ3n) is 2.12. The molecule has 1 heterocycles. The van der Waals surface area contributed by atoms with E-state index in [2.05, 4.69) is 10.3 Å². The molecule has 1 aromatic heterocycles. The third-order valence-corrected chi connectivity index (χ3v) is 2.12. The van der Waals surface area contributed by atoms with E-state index in [0.29, 0.717) is 0 Å². The number of fused-ring (bicyclic) bond motifs is 1. The lowest BCUT2D eigenvalue weighted by Crippen LogP contribution is -2.28. The first-order valence-electron chi connectivity index (χ1n) is 4.84. The molecule has 0 aliphatic heterocycles. The number of carbonyl (C=O) groups excluding carboxylic acids is 2. The Morgan fingerprint density at radius 1 is 1.12 bits per heavy atom. The average Bonchev–Trinajstić information content (AvgIpc) is 2.27. The van der Waals surface area contributed by atoms with Gasteiger partial charge in [-0.1, -0.05) is 24.3 Å². The van der Waals surface area contributed by atoms with Crippen molar-refractivity contribution in [1.29, 1.82) is 0 Å². The predicted octanol–water partition coefficient (Wildman–Crippen LogP) is 1.51. The number of imide groups is 1. The van der Waals surface area contributed by atoms with Crippen molar-refractivity contribution in [3.05, 3.63) is 42.1 Å². The maximum absolute atomic E-state index is 11.5. The van der Waals surface area contributed by atoms with Crippen LogP contribution in [0, 0.1) is 0 Å². The lowest BCUT2D eigenvalue weighted by Gasteiger charge is -2.02. The molecule has 0 bridgehead atoms. The van der Waals surface area contributed by atoms with Crippen LogP contribution in [0.15, 0.2) is 36.4 Å². The maximum Gasteiger partial charge on any atom is 0.276 e. The molecule has 2 aromatic rings. The zero-order valence-electron chi connectivity index (χ0n) is 8.73. The van der Waals surface area contributed by atoms with E-state index in [1.807, 2.05) is 24.3 Å². The van der Waals surface area contributed by atoms with Crippen molar-refractivity contribution >= 4 is 22.7 Å². The number of nitrogens with one attached hydrogen (secondary N) is 1. The van der Waals surface area contributed by atoms with Crippen LogP contribution in [0.4, 0.5) is 0 Å². The van der Waals surface area contributed by atoms with E-state index in [9.17, 15) is 9.59 Å². The maximum atomic E-state index is 11.5. The second-order valence-electron chi connectivity index (χ2n) is 3.40. The van der Waals surface area contributed by atoms with Crippen LogP contribution in [-0.2, 0) is 4.79 Å². The fourth-order valence-corrected chi connectivity index (χ4v) is 1.42. The second kappa shape index (κ2) is 4.10. The van der Waals surface area contributed by atoms with Gasteiger partial charge in [-0.15, -0.1) is 0 Å². The summed E-state index contributed by atoms with van der Waals surface area (Å²) in [5.74, 6) is -0.863. The first kappa shape index (κ1) is 10.3. The van der Waals surface area contributed by atoms with Gasteiger partial charge in [0.15, 0.2) is 0 Å². The molecule has 1 N–H and O–H groups in total. The van der Waals surface area contributed by atoms with Gasteiger partial charge in [0.25, 0.3) is 5.91 Å². The molecule has 1 aromatic carbocycles. The standard InChI is InChI=1S/C12H10N2O2/c1-8(15)13-12(16)11-7-6-9-4-2-3-5-10(9)14-11/h2-7H,1H3,(H,13,15,16). The van der Waals surface area contributed by atoms with Gasteiger partial charge >= 0.3 is 0 Å². The summed E-state index contributed by atoms with van der Waals surface area (Å²) in [7, 11) is 0. The fraction of sp³-hybridized carbons (Fsp3) is 0.0833. The zero-order chi connectivity index (χ0) is 11.5. The van der Waals surface area contributed by atoms with Gasteiger partial charge in [0, 0.05) is 12.3 Å². The quantitative estimate of drug-likeness (QED) is 0.782. The number of hydrogen-bond acceptors (Lipinski definition) is 3. The molecule has 0 saturated heterocycles. The van der Waals surface area contributed by atoms with Crippen LogP contribution in [0.1, 0.15) is 17.4 Å². The Labute approximate surface area is 92.3 Å².